The van der Waals surface area contributed by atoms with Gasteiger partial charge < -0.3 is 5.73 Å². The first-order valence-corrected chi connectivity index (χ1v) is 7.91. The Labute approximate surface area is 140 Å². The van der Waals surface area contributed by atoms with E-state index < -0.39 is 5.91 Å². The third-order valence-electron chi connectivity index (χ3n) is 4.00. The summed E-state index contributed by atoms with van der Waals surface area (Å²) in [4.78, 5) is 16.0. The number of hydrogen-bond acceptors (Lipinski definition) is 6. The first kappa shape index (κ1) is 16.6. The number of amides is 1. The Morgan fingerprint density at radius 2 is 1.88 bits per heavy atom. The van der Waals surface area contributed by atoms with Gasteiger partial charge in [-0.2, -0.15) is 10.6 Å². The molecule has 0 radical (unpaired) electrons. The SMILES string of the molecule is CC1NNNC1c1nc(-c2ccc(C(N)=O)cc2)nn1C(C)(C)C. The van der Waals surface area contributed by atoms with Crippen LogP contribution in [0.15, 0.2) is 24.3 Å². The Balaban J connectivity index is 2.03. The van der Waals surface area contributed by atoms with E-state index in [1.165, 1.54) is 0 Å². The molecule has 8 nitrogen and oxygen atoms in total. The van der Waals surface area contributed by atoms with Gasteiger partial charge in [0.15, 0.2) is 5.82 Å². The maximum absolute atomic E-state index is 11.2. The maximum Gasteiger partial charge on any atom is 0.248 e. The van der Waals surface area contributed by atoms with Crippen LogP contribution in [-0.2, 0) is 5.54 Å². The number of nitrogens with zero attached hydrogens (tertiary/aromatic N) is 3. The Morgan fingerprint density at radius 3 is 2.38 bits per heavy atom. The van der Waals surface area contributed by atoms with Crippen LogP contribution in [0.25, 0.3) is 11.4 Å². The number of hydrogen-bond donors (Lipinski definition) is 4. The van der Waals surface area contributed by atoms with Gasteiger partial charge >= 0.3 is 0 Å². The number of nitrogens with one attached hydrogen (secondary N) is 3. The molecule has 1 aromatic carbocycles. The fourth-order valence-corrected chi connectivity index (χ4v) is 2.65. The lowest BCUT2D eigenvalue weighted by molar-refractivity contribution is 0.100. The molecule has 1 aliphatic rings. The van der Waals surface area contributed by atoms with E-state index in [-0.39, 0.29) is 17.6 Å². The van der Waals surface area contributed by atoms with Crippen LogP contribution in [0, 0.1) is 0 Å². The molecule has 1 saturated heterocycles. The minimum absolute atomic E-state index is 0.00429. The van der Waals surface area contributed by atoms with E-state index in [9.17, 15) is 4.79 Å². The van der Waals surface area contributed by atoms with Crippen LogP contribution in [0.2, 0.25) is 0 Å². The highest BCUT2D eigenvalue weighted by Gasteiger charge is 2.32. The van der Waals surface area contributed by atoms with Crippen LogP contribution in [0.5, 0.6) is 0 Å². The number of nitrogens with two attached hydrogens (primary N) is 1. The lowest BCUT2D eigenvalue weighted by Crippen LogP contribution is -2.33. The Morgan fingerprint density at radius 1 is 1.21 bits per heavy atom. The number of benzene rings is 1. The van der Waals surface area contributed by atoms with Crippen molar-refractivity contribution in [3.8, 4) is 11.4 Å². The summed E-state index contributed by atoms with van der Waals surface area (Å²) in [5, 5.41) is 4.70. The highest BCUT2D eigenvalue weighted by molar-refractivity contribution is 5.93. The third kappa shape index (κ3) is 3.03. The lowest BCUT2D eigenvalue weighted by atomic mass is 10.1. The van der Waals surface area contributed by atoms with Gasteiger partial charge in [-0.15, -0.1) is 0 Å². The van der Waals surface area contributed by atoms with E-state index in [1.807, 2.05) is 16.8 Å². The van der Waals surface area contributed by atoms with Gasteiger partial charge in [0.05, 0.1) is 11.6 Å². The Hall–Kier alpha value is -2.29. The molecule has 0 aliphatic carbocycles. The number of hydrazine groups is 2. The molecule has 8 heteroatoms. The van der Waals surface area contributed by atoms with E-state index in [0.29, 0.717) is 11.4 Å². The molecule has 1 aromatic heterocycles. The molecule has 2 heterocycles. The first-order valence-electron chi connectivity index (χ1n) is 7.91. The summed E-state index contributed by atoms with van der Waals surface area (Å²) in [7, 11) is 0. The van der Waals surface area contributed by atoms with Crippen LogP contribution >= 0.6 is 0 Å². The average molecular weight is 329 g/mol. The number of carbonyl (C=O) groups is 1. The molecule has 0 saturated carbocycles. The van der Waals surface area contributed by atoms with Crippen molar-refractivity contribution >= 4 is 5.91 Å². The van der Waals surface area contributed by atoms with Crippen molar-refractivity contribution in [2.45, 2.75) is 45.3 Å². The number of aromatic nitrogens is 3. The topological polar surface area (TPSA) is 110 Å². The second-order valence-electron chi connectivity index (χ2n) is 7.00. The van der Waals surface area contributed by atoms with Gasteiger partial charge in [0.2, 0.25) is 5.91 Å². The van der Waals surface area contributed by atoms with Gasteiger partial charge in [-0.05, 0) is 39.8 Å². The minimum atomic E-state index is -0.448. The monoisotopic (exact) mass is 329 g/mol. The third-order valence-corrected chi connectivity index (χ3v) is 4.00. The normalized spacial score (nSPS) is 21.2. The zero-order chi connectivity index (χ0) is 17.5. The van der Waals surface area contributed by atoms with Crippen molar-refractivity contribution in [2.75, 3.05) is 0 Å². The molecule has 128 valence electrons. The summed E-state index contributed by atoms with van der Waals surface area (Å²) < 4.78 is 1.94. The molecule has 1 amide bonds. The fourth-order valence-electron chi connectivity index (χ4n) is 2.65. The molecule has 0 bridgehead atoms. The highest BCUT2D eigenvalue weighted by Crippen LogP contribution is 2.26. The molecule has 1 fully saturated rings. The minimum Gasteiger partial charge on any atom is -0.366 e. The fraction of sp³-hybridized carbons (Fsp3) is 0.438. The first-order chi connectivity index (χ1) is 11.3. The van der Waals surface area contributed by atoms with Crippen molar-refractivity contribution in [1.29, 1.82) is 0 Å². The standard InChI is InChI=1S/C16H23N7O/c1-9-12(20-22-19-9)15-18-14(21-23(15)16(2,3)4)11-7-5-10(6-8-11)13(17)24/h5-9,12,19-20,22H,1-4H3,(H2,17,24). The summed E-state index contributed by atoms with van der Waals surface area (Å²) in [6.07, 6.45) is 0. The van der Waals surface area contributed by atoms with E-state index in [2.05, 4.69) is 44.1 Å². The van der Waals surface area contributed by atoms with Gasteiger partial charge in [-0.1, -0.05) is 12.1 Å². The predicted molar refractivity (Wildman–Crippen MR) is 90.6 cm³/mol. The van der Waals surface area contributed by atoms with Crippen LogP contribution in [0.4, 0.5) is 0 Å². The summed E-state index contributed by atoms with van der Waals surface area (Å²) in [6.45, 7) is 8.34. The van der Waals surface area contributed by atoms with E-state index in [4.69, 9.17) is 15.8 Å². The van der Waals surface area contributed by atoms with Crippen LogP contribution in [0.1, 0.15) is 49.9 Å². The van der Waals surface area contributed by atoms with Gasteiger partial charge in [0.25, 0.3) is 0 Å². The lowest BCUT2D eigenvalue weighted by Gasteiger charge is -2.24. The zero-order valence-electron chi connectivity index (χ0n) is 14.3. The highest BCUT2D eigenvalue weighted by atomic mass is 16.1. The number of carbonyl (C=O) groups excluding carboxylic acids is 1. The molecule has 1 aliphatic heterocycles. The second-order valence-corrected chi connectivity index (χ2v) is 7.00. The van der Waals surface area contributed by atoms with Gasteiger partial charge in [0.1, 0.15) is 5.82 Å². The van der Waals surface area contributed by atoms with Crippen molar-refractivity contribution in [1.82, 2.24) is 31.2 Å². The van der Waals surface area contributed by atoms with Crippen molar-refractivity contribution < 1.29 is 4.79 Å². The van der Waals surface area contributed by atoms with Crippen LogP contribution < -0.4 is 22.1 Å². The van der Waals surface area contributed by atoms with Crippen LogP contribution in [0.3, 0.4) is 0 Å². The molecule has 0 spiro atoms. The largest absolute Gasteiger partial charge is 0.366 e. The van der Waals surface area contributed by atoms with E-state index >= 15 is 0 Å². The molecule has 2 unspecified atom stereocenters. The smallest absolute Gasteiger partial charge is 0.248 e. The van der Waals surface area contributed by atoms with Gasteiger partial charge in [-0.3, -0.25) is 4.79 Å². The van der Waals surface area contributed by atoms with Crippen molar-refractivity contribution in [3.05, 3.63) is 35.7 Å². The molecular formula is C16H23N7O. The summed E-state index contributed by atoms with van der Waals surface area (Å²) in [5.41, 5.74) is 15.6. The van der Waals surface area contributed by atoms with Gasteiger partial charge in [0, 0.05) is 17.2 Å². The molecule has 24 heavy (non-hydrogen) atoms. The molecule has 2 atom stereocenters. The van der Waals surface area contributed by atoms with Crippen molar-refractivity contribution in [2.24, 2.45) is 5.73 Å². The van der Waals surface area contributed by atoms with E-state index in [1.54, 1.807) is 12.1 Å². The number of primary amides is 1. The Bertz CT molecular complexity index is 745. The summed E-state index contributed by atoms with van der Waals surface area (Å²) >= 11 is 0. The summed E-state index contributed by atoms with van der Waals surface area (Å²) in [6, 6.07) is 7.17. The Kier molecular flexibility index (Phi) is 4.12. The molecule has 2 aromatic rings. The molecule has 3 rings (SSSR count). The van der Waals surface area contributed by atoms with Crippen LogP contribution in [-0.4, -0.2) is 26.7 Å². The maximum atomic E-state index is 11.2. The summed E-state index contributed by atoms with van der Waals surface area (Å²) in [5.74, 6) is 1.02. The zero-order valence-corrected chi connectivity index (χ0v) is 14.3. The van der Waals surface area contributed by atoms with Crippen molar-refractivity contribution in [3.63, 3.8) is 0 Å². The quantitative estimate of drug-likeness (QED) is 0.664. The second kappa shape index (κ2) is 5.97. The molecular weight excluding hydrogens is 306 g/mol. The average Bonchev–Trinajstić information content (AvgIpc) is 3.12. The van der Waals surface area contributed by atoms with E-state index in [0.717, 1.165) is 11.4 Å². The predicted octanol–water partition coefficient (Wildman–Crippen LogP) is 0.841. The molecule has 5 N–H and O–H groups in total. The van der Waals surface area contributed by atoms with Gasteiger partial charge in [-0.25, -0.2) is 20.5 Å². The number of rotatable bonds is 3.